The van der Waals surface area contributed by atoms with Crippen LogP contribution in [0.5, 0.6) is 0 Å². The second kappa shape index (κ2) is 9.80. The van der Waals surface area contributed by atoms with Crippen molar-refractivity contribution in [2.24, 2.45) is 4.99 Å². The van der Waals surface area contributed by atoms with Crippen molar-refractivity contribution in [3.63, 3.8) is 0 Å². The summed E-state index contributed by atoms with van der Waals surface area (Å²) in [4.78, 5) is 13.5. The molecular formula is C20H25ClN6S. The molecule has 1 fully saturated rings. The Kier molecular flexibility index (Phi) is 7.17. The van der Waals surface area contributed by atoms with Gasteiger partial charge in [-0.1, -0.05) is 36.6 Å². The molecule has 0 radical (unpaired) electrons. The molecule has 2 aromatic rings. The Bertz CT molecular complexity index is 826. The first kappa shape index (κ1) is 20.5. The maximum atomic E-state index is 5.96. The van der Waals surface area contributed by atoms with Gasteiger partial charge in [0, 0.05) is 22.5 Å². The van der Waals surface area contributed by atoms with Gasteiger partial charge in [0.15, 0.2) is 5.11 Å². The van der Waals surface area contributed by atoms with Crippen molar-refractivity contribution in [1.82, 2.24) is 20.6 Å². The Morgan fingerprint density at radius 1 is 1.14 bits per heavy atom. The number of halogens is 1. The topological polar surface area (TPSA) is 74.2 Å². The molecular weight excluding hydrogens is 392 g/mol. The summed E-state index contributed by atoms with van der Waals surface area (Å²) >= 11 is 11.4. The fourth-order valence-corrected chi connectivity index (χ4v) is 3.55. The predicted molar refractivity (Wildman–Crippen MR) is 119 cm³/mol. The van der Waals surface area contributed by atoms with Crippen molar-refractivity contribution >= 4 is 40.8 Å². The number of aromatic nitrogens is 2. The highest BCUT2D eigenvalue weighted by atomic mass is 35.5. The molecule has 1 aromatic carbocycles. The number of nitrogens with one attached hydrogen (secondary N) is 3. The second-order valence-electron chi connectivity index (χ2n) is 6.97. The van der Waals surface area contributed by atoms with Gasteiger partial charge in [0.25, 0.3) is 0 Å². The molecule has 1 saturated carbocycles. The van der Waals surface area contributed by atoms with Crippen molar-refractivity contribution in [1.29, 1.82) is 0 Å². The molecule has 0 bridgehead atoms. The van der Waals surface area contributed by atoms with Crippen LogP contribution in [0.25, 0.3) is 0 Å². The quantitative estimate of drug-likeness (QED) is 0.395. The van der Waals surface area contributed by atoms with Gasteiger partial charge in [-0.05, 0) is 62.7 Å². The minimum atomic E-state index is 0.426. The summed E-state index contributed by atoms with van der Waals surface area (Å²) in [6.07, 6.45) is 4.78. The van der Waals surface area contributed by atoms with Gasteiger partial charge in [-0.3, -0.25) is 5.32 Å². The molecule has 0 aliphatic heterocycles. The van der Waals surface area contributed by atoms with Crippen LogP contribution in [0.2, 0.25) is 5.02 Å². The van der Waals surface area contributed by atoms with Crippen LogP contribution in [0.15, 0.2) is 35.3 Å². The van der Waals surface area contributed by atoms with E-state index in [0.717, 1.165) is 29.8 Å². The Balaban J connectivity index is 1.72. The van der Waals surface area contributed by atoms with Gasteiger partial charge >= 0.3 is 0 Å². The number of aliphatic imine (C=N–C) groups is 1. The standard InChI is InChI=1S/C20H25ClN6S/c1-13-11-14(2)24-19(23-13)26-18(22-12-15-7-9-16(21)10-8-15)27-20(28)25-17-5-3-4-6-17/h7-11,17H,3-6,12H2,1-2H3,(H3,22,23,24,25,26,27,28). The van der Waals surface area contributed by atoms with Crippen LogP contribution in [-0.4, -0.2) is 27.1 Å². The number of guanidine groups is 1. The van der Waals surface area contributed by atoms with Gasteiger partial charge in [0.1, 0.15) is 0 Å². The van der Waals surface area contributed by atoms with E-state index in [1.54, 1.807) is 0 Å². The maximum Gasteiger partial charge on any atom is 0.229 e. The molecule has 0 unspecified atom stereocenters. The highest BCUT2D eigenvalue weighted by Crippen LogP contribution is 2.17. The van der Waals surface area contributed by atoms with Gasteiger partial charge in [0.05, 0.1) is 6.54 Å². The summed E-state index contributed by atoms with van der Waals surface area (Å²) in [7, 11) is 0. The SMILES string of the molecule is Cc1cc(C)nc(NC(=NCc2ccc(Cl)cc2)NC(=S)NC2CCCC2)n1. The van der Waals surface area contributed by atoms with E-state index in [2.05, 4.69) is 30.9 Å². The average Bonchev–Trinajstić information content (AvgIpc) is 3.13. The van der Waals surface area contributed by atoms with Crippen molar-refractivity contribution in [2.75, 3.05) is 5.32 Å². The highest BCUT2D eigenvalue weighted by Gasteiger charge is 2.16. The van der Waals surface area contributed by atoms with Crippen LogP contribution in [0.3, 0.4) is 0 Å². The van der Waals surface area contributed by atoms with Crippen LogP contribution < -0.4 is 16.0 Å². The molecule has 1 aliphatic carbocycles. The molecule has 1 aliphatic rings. The second-order valence-corrected chi connectivity index (χ2v) is 7.82. The smallest absolute Gasteiger partial charge is 0.229 e. The molecule has 6 nitrogen and oxygen atoms in total. The molecule has 0 spiro atoms. The molecule has 28 heavy (non-hydrogen) atoms. The molecule has 1 heterocycles. The Labute approximate surface area is 176 Å². The molecule has 0 saturated heterocycles. The first-order chi connectivity index (χ1) is 13.5. The van der Waals surface area contributed by atoms with E-state index in [9.17, 15) is 0 Å². The van der Waals surface area contributed by atoms with Gasteiger partial charge in [0.2, 0.25) is 11.9 Å². The van der Waals surface area contributed by atoms with Gasteiger partial charge < -0.3 is 10.6 Å². The summed E-state index contributed by atoms with van der Waals surface area (Å²) in [5.74, 6) is 0.999. The molecule has 3 N–H and O–H groups in total. The monoisotopic (exact) mass is 416 g/mol. The van der Waals surface area contributed by atoms with Gasteiger partial charge in [-0.15, -0.1) is 0 Å². The van der Waals surface area contributed by atoms with E-state index in [1.165, 1.54) is 12.8 Å². The number of aryl methyl sites for hydroxylation is 2. The zero-order valence-corrected chi connectivity index (χ0v) is 17.7. The largest absolute Gasteiger partial charge is 0.360 e. The third-order valence-corrected chi connectivity index (χ3v) is 4.94. The third-order valence-electron chi connectivity index (χ3n) is 4.47. The molecule has 0 amide bonds. The number of benzene rings is 1. The van der Waals surface area contributed by atoms with Crippen LogP contribution in [0.1, 0.15) is 42.6 Å². The number of rotatable bonds is 4. The fourth-order valence-electron chi connectivity index (χ4n) is 3.16. The first-order valence-corrected chi connectivity index (χ1v) is 10.2. The Hall–Kier alpha value is -2.25. The molecule has 1 aromatic heterocycles. The number of hydrogen-bond acceptors (Lipinski definition) is 4. The lowest BCUT2D eigenvalue weighted by Gasteiger charge is -2.17. The molecule has 8 heteroatoms. The average molecular weight is 417 g/mol. The summed E-state index contributed by atoms with van der Waals surface area (Å²) in [6.45, 7) is 4.34. The minimum absolute atomic E-state index is 0.426. The lowest BCUT2D eigenvalue weighted by Crippen LogP contribution is -2.46. The van der Waals surface area contributed by atoms with E-state index < -0.39 is 0 Å². The predicted octanol–water partition coefficient (Wildman–Crippen LogP) is 4.12. The van der Waals surface area contributed by atoms with Crippen LogP contribution in [0, 0.1) is 13.8 Å². The normalized spacial score (nSPS) is 14.8. The number of nitrogens with zero attached hydrogens (tertiary/aromatic N) is 3. The molecule has 0 atom stereocenters. The lowest BCUT2D eigenvalue weighted by atomic mass is 10.2. The molecule has 148 valence electrons. The van der Waals surface area contributed by atoms with Crippen molar-refractivity contribution in [3.8, 4) is 0 Å². The summed E-state index contributed by atoms with van der Waals surface area (Å²) in [5.41, 5.74) is 2.82. The van der Waals surface area contributed by atoms with E-state index >= 15 is 0 Å². The lowest BCUT2D eigenvalue weighted by molar-refractivity contribution is 0.629. The number of thiocarbonyl (C=S) groups is 1. The van der Waals surface area contributed by atoms with E-state index in [1.807, 2.05) is 44.2 Å². The van der Waals surface area contributed by atoms with Gasteiger partial charge in [-0.25, -0.2) is 15.0 Å². The maximum absolute atomic E-state index is 5.96. The zero-order chi connectivity index (χ0) is 19.9. The number of anilines is 1. The Morgan fingerprint density at radius 3 is 2.43 bits per heavy atom. The van der Waals surface area contributed by atoms with Crippen LogP contribution >= 0.6 is 23.8 Å². The summed E-state index contributed by atoms with van der Waals surface area (Å²) in [6, 6.07) is 9.96. The van der Waals surface area contributed by atoms with E-state index in [0.29, 0.717) is 34.6 Å². The van der Waals surface area contributed by atoms with E-state index in [-0.39, 0.29) is 0 Å². The fraction of sp³-hybridized carbons (Fsp3) is 0.400. The highest BCUT2D eigenvalue weighted by molar-refractivity contribution is 7.80. The van der Waals surface area contributed by atoms with Crippen molar-refractivity contribution in [3.05, 3.63) is 52.3 Å². The first-order valence-electron chi connectivity index (χ1n) is 9.43. The third kappa shape index (κ3) is 6.42. The number of hydrogen-bond donors (Lipinski definition) is 3. The zero-order valence-electron chi connectivity index (χ0n) is 16.1. The molecule has 3 rings (SSSR count). The van der Waals surface area contributed by atoms with Crippen LogP contribution in [-0.2, 0) is 6.54 Å². The minimum Gasteiger partial charge on any atom is -0.360 e. The van der Waals surface area contributed by atoms with Gasteiger partial charge in [-0.2, -0.15) is 0 Å². The van der Waals surface area contributed by atoms with Crippen molar-refractivity contribution in [2.45, 2.75) is 52.1 Å². The van der Waals surface area contributed by atoms with Crippen molar-refractivity contribution < 1.29 is 0 Å². The Morgan fingerprint density at radius 2 is 1.79 bits per heavy atom. The van der Waals surface area contributed by atoms with E-state index in [4.69, 9.17) is 23.8 Å². The van der Waals surface area contributed by atoms with Crippen LogP contribution in [0.4, 0.5) is 5.95 Å². The summed E-state index contributed by atoms with van der Waals surface area (Å²) < 4.78 is 0. The summed E-state index contributed by atoms with van der Waals surface area (Å²) in [5, 5.41) is 10.9.